The third-order valence-electron chi connectivity index (χ3n) is 10.0. The fourth-order valence-corrected chi connectivity index (χ4v) is 9.23. The Labute approximate surface area is 360 Å². The van der Waals surface area contributed by atoms with E-state index >= 15 is 0 Å². The summed E-state index contributed by atoms with van der Waals surface area (Å²) < 4.78 is 27.4. The van der Waals surface area contributed by atoms with Crippen LogP contribution in [0.5, 0.6) is 0 Å². The second-order valence-electron chi connectivity index (χ2n) is 13.6. The van der Waals surface area contributed by atoms with E-state index in [2.05, 4.69) is 155 Å². The second kappa shape index (κ2) is 17.8. The van der Waals surface area contributed by atoms with E-state index in [1.54, 1.807) is 24.3 Å². The molecule has 0 saturated carbocycles. The van der Waals surface area contributed by atoms with Crippen LogP contribution in [0.3, 0.4) is 0 Å². The quantitative estimate of drug-likeness (QED) is 0.143. The zero-order valence-electron chi connectivity index (χ0n) is 31.6. The highest BCUT2D eigenvalue weighted by Gasteiger charge is 2.34. The van der Waals surface area contributed by atoms with Crippen LogP contribution in [0.4, 0.5) is 34.1 Å². The summed E-state index contributed by atoms with van der Waals surface area (Å²) >= 11 is 14.4. The van der Waals surface area contributed by atoms with Crippen molar-refractivity contribution in [2.24, 2.45) is 0 Å². The molecule has 9 rings (SSSR count). The first-order valence-electron chi connectivity index (χ1n) is 18.9. The molecule has 0 unspecified atom stereocenters. The van der Waals surface area contributed by atoms with Gasteiger partial charge < -0.3 is 9.80 Å². The monoisotopic (exact) mass is 846 g/mol. The molecule has 0 atom stereocenters. The lowest BCUT2D eigenvalue weighted by Crippen LogP contribution is -2.15. The molecule has 0 spiro atoms. The van der Waals surface area contributed by atoms with Gasteiger partial charge in [-0.1, -0.05) is 168 Å². The predicted molar refractivity (Wildman–Crippen MR) is 247 cm³/mol. The molecule has 0 bridgehead atoms. The molecule has 0 fully saturated rings. The number of para-hydroxylation sites is 4. The van der Waals surface area contributed by atoms with Crippen LogP contribution in [0.1, 0.15) is 22.3 Å². The zero-order valence-corrected chi connectivity index (χ0v) is 34.7. The summed E-state index contributed by atoms with van der Waals surface area (Å²) in [5.74, 6) is 0. The van der Waals surface area contributed by atoms with E-state index in [0.29, 0.717) is 20.9 Å². The molecule has 4 nitrogen and oxygen atoms in total. The molecular weight excluding hydrogens is 811 g/mol. The van der Waals surface area contributed by atoms with E-state index in [9.17, 15) is 8.42 Å². The summed E-state index contributed by atoms with van der Waals surface area (Å²) in [7, 11) is -3.74. The van der Waals surface area contributed by atoms with Gasteiger partial charge in [0.2, 0.25) is 9.84 Å². The van der Waals surface area contributed by atoms with Crippen molar-refractivity contribution in [1.29, 1.82) is 0 Å². The lowest BCUT2D eigenvalue weighted by molar-refractivity contribution is 0.594. The highest BCUT2D eigenvalue weighted by Crippen LogP contribution is 2.47. The average Bonchev–Trinajstić information content (AvgIpc) is 3.27. The second-order valence-corrected chi connectivity index (χ2v) is 17.5. The van der Waals surface area contributed by atoms with Crippen LogP contribution in [0, 0.1) is 0 Å². The van der Waals surface area contributed by atoms with E-state index in [0.717, 1.165) is 56.4 Å². The molecule has 1 aliphatic heterocycles. The van der Waals surface area contributed by atoms with E-state index in [-0.39, 0.29) is 0 Å². The van der Waals surface area contributed by atoms with Crippen molar-refractivity contribution < 1.29 is 8.42 Å². The number of rotatable bonds is 8. The maximum Gasteiger partial charge on any atom is 0.207 e. The van der Waals surface area contributed by atoms with Crippen molar-refractivity contribution in [2.75, 3.05) is 9.80 Å². The lowest BCUT2D eigenvalue weighted by Gasteiger charge is -2.28. The number of hydrogen-bond acceptors (Lipinski definition) is 4. The molecule has 0 radical (unpaired) electrons. The Morgan fingerprint density at radius 2 is 0.610 bits per heavy atom. The first kappa shape index (κ1) is 39.7. The molecule has 0 aliphatic carbocycles. The topological polar surface area (TPSA) is 40.6 Å². The molecule has 0 aromatic heterocycles. The lowest BCUT2D eigenvalue weighted by atomic mass is 9.85. The number of fused-ring (bicyclic) bond motifs is 2. The van der Waals surface area contributed by atoms with Gasteiger partial charge in [0.15, 0.2) is 4.30 Å². The molecule has 0 amide bonds. The number of halogens is 3. The van der Waals surface area contributed by atoms with E-state index in [4.69, 9.17) is 34.8 Å². The summed E-state index contributed by atoms with van der Waals surface area (Å²) in [6, 6.07) is 73.3. The van der Waals surface area contributed by atoms with Crippen molar-refractivity contribution in [3.8, 4) is 0 Å². The zero-order chi connectivity index (χ0) is 40.8. The van der Waals surface area contributed by atoms with E-state index in [1.165, 1.54) is 0 Å². The van der Waals surface area contributed by atoms with Gasteiger partial charge >= 0.3 is 0 Å². The first-order chi connectivity index (χ1) is 28.8. The summed E-state index contributed by atoms with van der Waals surface area (Å²) in [4.78, 5) is 5.11. The summed E-state index contributed by atoms with van der Waals surface area (Å²) in [5, 5.41) is 0. The molecule has 1 aliphatic rings. The van der Waals surface area contributed by atoms with Gasteiger partial charge in [0, 0.05) is 45.3 Å². The summed E-state index contributed by atoms with van der Waals surface area (Å²) in [6.07, 6.45) is 0. The minimum Gasteiger partial charge on any atom is -0.311 e. The van der Waals surface area contributed by atoms with Crippen LogP contribution in [0.2, 0.25) is 0 Å². The van der Waals surface area contributed by atoms with E-state index < -0.39 is 14.1 Å². The number of nitrogens with zero attached hydrogens (tertiary/aromatic N) is 2. The molecule has 290 valence electrons. The molecule has 0 N–H and O–H groups in total. The molecule has 59 heavy (non-hydrogen) atoms. The van der Waals surface area contributed by atoms with Crippen molar-refractivity contribution in [2.45, 2.75) is 14.1 Å². The van der Waals surface area contributed by atoms with Crippen molar-refractivity contribution in [1.82, 2.24) is 0 Å². The largest absolute Gasteiger partial charge is 0.311 e. The maximum atomic E-state index is 14.1. The number of anilines is 6. The predicted octanol–water partition coefficient (Wildman–Crippen LogP) is 14.8. The van der Waals surface area contributed by atoms with Crippen LogP contribution in [-0.2, 0) is 9.84 Å². The fourth-order valence-electron chi connectivity index (χ4n) is 7.56. The highest BCUT2D eigenvalue weighted by molar-refractivity contribution is 7.91. The number of benzene rings is 8. The summed E-state index contributed by atoms with van der Waals surface area (Å²) in [5.41, 5.74) is 11.4. The Bertz CT molecular complexity index is 2540. The summed E-state index contributed by atoms with van der Waals surface area (Å²) in [6.45, 7) is 0. The molecule has 8 aromatic carbocycles. The Kier molecular flexibility index (Phi) is 12.0. The molecule has 1 heterocycles. The maximum absolute atomic E-state index is 14.1. The number of sulfone groups is 1. The number of alkyl halides is 3. The average molecular weight is 848 g/mol. The Balaban J connectivity index is 0.00000116. The van der Waals surface area contributed by atoms with Crippen LogP contribution in [-0.4, -0.2) is 12.7 Å². The number of hydrogen-bond donors (Lipinski definition) is 0. The third kappa shape index (κ3) is 8.43. The first-order valence-corrected chi connectivity index (χ1v) is 21.7. The van der Waals surface area contributed by atoms with Crippen molar-refractivity contribution in [3.63, 3.8) is 0 Å². The fraction of sp³-hybridized carbons (Fsp3) is 0.0196. The standard InChI is InChI=1S/C50H36N2O2S.CHCl3/c53-55(54)47-27-15-13-25-45(47)50(46-26-14-16-28-48(46)55)49(37-29-33-43(34-30-37)51(39-17-5-1-6-18-39)40-19-7-2-8-20-40)38-31-35-44(36-32-38)52(41-21-9-3-10-22-41)42-23-11-4-12-24-42;2-1(3)4/h1-36H;1H. The van der Waals surface area contributed by atoms with Crippen LogP contribution in [0.15, 0.2) is 228 Å². The Morgan fingerprint density at radius 3 is 0.915 bits per heavy atom. The Morgan fingerprint density at radius 1 is 0.356 bits per heavy atom. The molecule has 8 heteroatoms. The normalized spacial score (nSPS) is 12.4. The molecule has 8 aromatic rings. The molecule has 0 saturated heterocycles. The SMILES string of the molecule is ClC(Cl)Cl.O=S1(=O)c2ccccc2C(=C(c2ccc(N(c3ccccc3)c3ccccc3)cc2)c2ccc(N(c3ccccc3)c3ccccc3)cc2)c2ccccc21. The highest BCUT2D eigenvalue weighted by atomic mass is 35.6. The van der Waals surface area contributed by atoms with Crippen molar-refractivity contribution >= 4 is 89.9 Å². The minimum absolute atomic E-state index is 0.313. The van der Waals surface area contributed by atoms with Crippen LogP contribution < -0.4 is 9.80 Å². The van der Waals surface area contributed by atoms with Gasteiger partial charge in [-0.3, -0.25) is 0 Å². The Hall–Kier alpha value is -6.08. The minimum atomic E-state index is -3.74. The van der Waals surface area contributed by atoms with Gasteiger partial charge in [-0.05, 0) is 107 Å². The van der Waals surface area contributed by atoms with E-state index in [1.807, 2.05) is 48.5 Å². The third-order valence-corrected chi connectivity index (χ3v) is 11.9. The molecular formula is C51H37Cl3N2O2S. The van der Waals surface area contributed by atoms with Gasteiger partial charge in [0.25, 0.3) is 0 Å². The van der Waals surface area contributed by atoms with Gasteiger partial charge in [0.1, 0.15) is 0 Å². The smallest absolute Gasteiger partial charge is 0.207 e. The van der Waals surface area contributed by atoms with Crippen molar-refractivity contribution in [3.05, 3.63) is 241 Å². The van der Waals surface area contributed by atoms with Crippen LogP contribution in [0.25, 0.3) is 11.1 Å². The van der Waals surface area contributed by atoms with Gasteiger partial charge in [-0.15, -0.1) is 0 Å². The van der Waals surface area contributed by atoms with Gasteiger partial charge in [-0.2, -0.15) is 0 Å². The van der Waals surface area contributed by atoms with Gasteiger partial charge in [-0.25, -0.2) is 8.42 Å². The van der Waals surface area contributed by atoms with Crippen LogP contribution >= 0.6 is 34.8 Å². The van der Waals surface area contributed by atoms with Gasteiger partial charge in [0.05, 0.1) is 9.79 Å².